The van der Waals surface area contributed by atoms with Gasteiger partial charge >= 0.3 is 6.09 Å². The van der Waals surface area contributed by atoms with Crippen LogP contribution in [0.1, 0.15) is 64.3 Å². The van der Waals surface area contributed by atoms with Gasteiger partial charge in [-0.1, -0.05) is 56.2 Å². The maximum absolute atomic E-state index is 14.9. The Labute approximate surface area is 319 Å². The molecule has 274 valence electrons. The third-order valence-corrected chi connectivity index (χ3v) is 10.3. The normalized spacial score (nSPS) is 35.4. The van der Waals surface area contributed by atoms with Crippen LogP contribution in [0.15, 0.2) is 77.7 Å². The Morgan fingerprint density at radius 1 is 1.10 bits per heavy atom. The molecule has 0 aromatic heterocycles. The summed E-state index contributed by atoms with van der Waals surface area (Å²) in [5, 5.41) is 0. The summed E-state index contributed by atoms with van der Waals surface area (Å²) in [4.78, 5) is 14.5. The Bertz CT molecular complexity index is 2380. The van der Waals surface area contributed by atoms with Gasteiger partial charge < -0.3 is 33.2 Å². The fourth-order valence-electron chi connectivity index (χ4n) is 6.27. The van der Waals surface area contributed by atoms with Gasteiger partial charge in [0, 0.05) is 31.4 Å². The summed E-state index contributed by atoms with van der Waals surface area (Å²) in [7, 11) is -5.65. The predicted octanol–water partition coefficient (Wildman–Crippen LogP) is 5.59. The van der Waals surface area contributed by atoms with Crippen molar-refractivity contribution in [3.8, 4) is 17.2 Å². The molecule has 4 heterocycles. The third-order valence-electron chi connectivity index (χ3n) is 8.68. The van der Waals surface area contributed by atoms with Crippen molar-refractivity contribution < 1.29 is 65.6 Å². The van der Waals surface area contributed by atoms with Gasteiger partial charge in [0.15, 0.2) is 17.8 Å². The lowest BCUT2D eigenvalue weighted by atomic mass is 9.99. The van der Waals surface area contributed by atoms with E-state index in [1.807, 2.05) is 30.3 Å². The maximum atomic E-state index is 14.9. The van der Waals surface area contributed by atoms with Gasteiger partial charge in [0.25, 0.3) is 0 Å². The van der Waals surface area contributed by atoms with Crippen LogP contribution in [-0.4, -0.2) is 86.9 Å². The fourth-order valence-corrected chi connectivity index (χ4v) is 7.53. The van der Waals surface area contributed by atoms with E-state index in [0.29, 0.717) is 17.4 Å². The molecule has 5 atom stereocenters. The number of benzene rings is 3. The van der Waals surface area contributed by atoms with Gasteiger partial charge in [-0.15, -0.1) is 0 Å². The summed E-state index contributed by atoms with van der Waals surface area (Å²) >= 11 is 0. The van der Waals surface area contributed by atoms with Crippen LogP contribution in [0.3, 0.4) is 0 Å². The highest BCUT2D eigenvalue weighted by atomic mass is 32.2. The number of nitrogens with zero attached hydrogens (tertiary/aromatic N) is 2. The monoisotopic (exact) mass is 736 g/mol. The van der Waals surface area contributed by atoms with E-state index in [0.717, 1.165) is 22.6 Å². The van der Waals surface area contributed by atoms with E-state index in [1.165, 1.54) is 13.8 Å². The number of amides is 1. The van der Waals surface area contributed by atoms with E-state index >= 15 is 0 Å². The second-order valence-electron chi connectivity index (χ2n) is 12.5. The first-order chi connectivity index (χ1) is 29.8. The van der Waals surface area contributed by atoms with Crippen LogP contribution in [-0.2, 0) is 42.0 Å². The molecule has 1 amide bonds. The molecule has 3 saturated heterocycles. The molecule has 7 rings (SSSR count). The van der Waals surface area contributed by atoms with Gasteiger partial charge in [0.05, 0.1) is 40.3 Å². The lowest BCUT2D eigenvalue weighted by Gasteiger charge is -2.34. The first-order valence-corrected chi connectivity index (χ1v) is 17.5. The molecule has 12 nitrogen and oxygen atoms in total. The summed E-state index contributed by atoms with van der Waals surface area (Å²) in [5.41, 5.74) is -0.767. The molecule has 4 aliphatic heterocycles. The molecule has 0 radical (unpaired) electrons. The van der Waals surface area contributed by atoms with E-state index in [-0.39, 0.29) is 29.7 Å². The van der Waals surface area contributed by atoms with Crippen molar-refractivity contribution >= 4 is 16.1 Å². The van der Waals surface area contributed by atoms with Crippen molar-refractivity contribution in [1.29, 1.82) is 0 Å². The van der Waals surface area contributed by atoms with Crippen LogP contribution in [0.5, 0.6) is 17.2 Å². The van der Waals surface area contributed by atoms with Crippen molar-refractivity contribution in [3.05, 3.63) is 83.9 Å². The SMILES string of the molecule is [2H]C1([2H])Oc2ccc(S(=O)(=O)N(C[C@@]3([2H])OC(C)(C)N(C(=O)O[C@@]4([2H])CO[C@@]5([2H])OCC[C@H]54)[C@H]3Cc3ccc(OCc4ccccc4)cc3)C([2H])([2H])C([2H])(C([2H])([2H])[2H])C([2H])([2H])[2H])cc2O1. The number of hydrogen-bond acceptors (Lipinski definition) is 10. The Kier molecular flexibility index (Phi) is 6.38. The van der Waals surface area contributed by atoms with Crippen molar-refractivity contribution in [3.63, 3.8) is 0 Å². The number of carbonyl (C=O) groups is 1. The molecule has 4 aliphatic rings. The van der Waals surface area contributed by atoms with Gasteiger partial charge in [0.1, 0.15) is 26.9 Å². The van der Waals surface area contributed by atoms with Crippen LogP contribution in [0.2, 0.25) is 0 Å². The Morgan fingerprint density at radius 3 is 2.67 bits per heavy atom. The minimum Gasteiger partial charge on any atom is -0.489 e. The van der Waals surface area contributed by atoms with E-state index < -0.39 is 115 Å². The highest BCUT2D eigenvalue weighted by molar-refractivity contribution is 7.89. The minimum absolute atomic E-state index is 0.0148. The Balaban J connectivity index is 1.33. The van der Waals surface area contributed by atoms with E-state index in [9.17, 15) is 17.3 Å². The van der Waals surface area contributed by atoms with Crippen LogP contribution in [0.4, 0.5) is 4.79 Å². The second-order valence-corrected chi connectivity index (χ2v) is 14.4. The van der Waals surface area contributed by atoms with Gasteiger partial charge in [-0.3, -0.25) is 4.90 Å². The van der Waals surface area contributed by atoms with E-state index in [4.69, 9.17) is 48.2 Å². The summed E-state index contributed by atoms with van der Waals surface area (Å²) in [6.07, 6.45) is -8.74. The average Bonchev–Trinajstić information content (AvgIpc) is 3.87. The first kappa shape index (κ1) is 22.2. The topological polar surface area (TPSA) is 122 Å². The van der Waals surface area contributed by atoms with Crippen molar-refractivity contribution in [2.75, 3.05) is 33.0 Å². The van der Waals surface area contributed by atoms with E-state index in [2.05, 4.69) is 0 Å². The summed E-state index contributed by atoms with van der Waals surface area (Å²) in [5.74, 6) is -5.73. The zero-order valence-corrected chi connectivity index (χ0v) is 28.5. The number of sulfonamides is 1. The van der Waals surface area contributed by atoms with Crippen molar-refractivity contribution in [1.82, 2.24) is 9.21 Å². The molecule has 0 unspecified atom stereocenters. The lowest BCUT2D eigenvalue weighted by Crippen LogP contribution is -2.51. The molecule has 0 spiro atoms. The molecule has 51 heavy (non-hydrogen) atoms. The van der Waals surface area contributed by atoms with Gasteiger partial charge in [-0.2, -0.15) is 4.31 Å². The average molecular weight is 737 g/mol. The number of fused-ring (bicyclic) bond motifs is 2. The number of hydrogen-bond donors (Lipinski definition) is 0. The number of rotatable bonds is 12. The zero-order chi connectivity index (χ0) is 48.0. The van der Waals surface area contributed by atoms with Crippen molar-refractivity contribution in [2.24, 2.45) is 11.8 Å². The molecular weight excluding hydrogens is 676 g/mol. The highest BCUT2D eigenvalue weighted by Gasteiger charge is 2.53. The van der Waals surface area contributed by atoms with Crippen LogP contribution >= 0.6 is 0 Å². The van der Waals surface area contributed by atoms with Gasteiger partial charge in [0.2, 0.25) is 16.8 Å². The lowest BCUT2D eigenvalue weighted by molar-refractivity contribution is -0.0911. The molecule has 3 aromatic rings. The van der Waals surface area contributed by atoms with Crippen molar-refractivity contribution in [2.45, 2.75) is 82.1 Å². The standard InChI is InChI=1S/C38H46N2O10S/c1-25(2)20-39(51(42,43)29-14-15-32-33(19-29)48-24-47-32)21-34-31(18-26-10-12-28(13-11-26)45-22-27-8-6-5-7-9-27)40(38(3,4)50-34)37(41)49-35-23-46-36-30(35)16-17-44-36/h5-15,19,25,30-31,34-36H,16-18,20-24H2,1-4H3/t30-,31-,34+,35-,36+/m0/s1/i1D3,2D3,20D2,24D2,25D,34D,35D,36D. The highest BCUT2D eigenvalue weighted by Crippen LogP contribution is 2.40. The van der Waals surface area contributed by atoms with Crippen LogP contribution in [0.25, 0.3) is 0 Å². The Hall–Kier alpha value is -3.88. The molecule has 0 aliphatic carbocycles. The zero-order valence-electron chi connectivity index (χ0n) is 41.7. The molecular formula is C38H46N2O10S. The smallest absolute Gasteiger partial charge is 0.412 e. The molecule has 0 saturated carbocycles. The largest absolute Gasteiger partial charge is 0.489 e. The van der Waals surface area contributed by atoms with Crippen LogP contribution in [0, 0.1) is 11.8 Å². The summed E-state index contributed by atoms with van der Waals surface area (Å²) in [6, 6.07) is 16.3. The maximum Gasteiger partial charge on any atom is 0.412 e. The molecule has 0 N–H and O–H groups in total. The fraction of sp³-hybridized carbons (Fsp3) is 0.500. The first-order valence-electron chi connectivity index (χ1n) is 23.1. The minimum atomic E-state index is -5.65. The molecule has 3 aromatic carbocycles. The van der Waals surface area contributed by atoms with Gasteiger partial charge in [-0.05, 0) is 68.0 Å². The van der Waals surface area contributed by atoms with Crippen LogP contribution < -0.4 is 14.2 Å². The molecule has 0 bridgehead atoms. The second kappa shape index (κ2) is 14.6. The van der Waals surface area contributed by atoms with E-state index in [1.54, 1.807) is 24.3 Å². The van der Waals surface area contributed by atoms with Gasteiger partial charge in [-0.25, -0.2) is 13.2 Å². The summed E-state index contributed by atoms with van der Waals surface area (Å²) in [6.45, 7) is -14.6. The third kappa shape index (κ3) is 7.68. The predicted molar refractivity (Wildman–Crippen MR) is 186 cm³/mol. The quantitative estimate of drug-likeness (QED) is 0.233. The number of carbonyl (C=O) groups excluding carboxylic acids is 1. The summed E-state index contributed by atoms with van der Waals surface area (Å²) < 4.78 is 188. The number of ether oxygens (including phenoxy) is 7. The Morgan fingerprint density at radius 2 is 1.88 bits per heavy atom. The molecule has 13 heteroatoms. The molecule has 3 fully saturated rings.